The topological polar surface area (TPSA) is 40.5 Å². The van der Waals surface area contributed by atoms with Crippen LogP contribution in [0, 0.1) is 0 Å². The van der Waals surface area contributed by atoms with Crippen LogP contribution in [0.5, 0.6) is 0 Å². The van der Waals surface area contributed by atoms with Gasteiger partial charge in [0.05, 0.1) is 6.54 Å². The van der Waals surface area contributed by atoms with E-state index in [2.05, 4.69) is 0 Å². The molecule has 0 radical (unpaired) electrons. The maximum atomic E-state index is 10.8. The van der Waals surface area contributed by atoms with Gasteiger partial charge in [-0.05, 0) is 50.9 Å². The average molecular weight is 304 g/mol. The van der Waals surface area contributed by atoms with Crippen LogP contribution in [-0.2, 0) is 11.2 Å². The molecule has 1 rings (SSSR count). The highest BCUT2D eigenvalue weighted by atomic mass is 35.5. The molecule has 106 valence electrons. The maximum absolute atomic E-state index is 10.8. The molecule has 0 unspecified atom stereocenters. The predicted molar refractivity (Wildman–Crippen MR) is 79.1 cm³/mol. The summed E-state index contributed by atoms with van der Waals surface area (Å²) in [6.07, 6.45) is 1.58. The smallest absolute Gasteiger partial charge is 0.317 e. The molecule has 0 saturated carbocycles. The lowest BCUT2D eigenvalue weighted by Gasteiger charge is -2.24. The monoisotopic (exact) mass is 303 g/mol. The number of halogens is 2. The number of benzene rings is 1. The summed E-state index contributed by atoms with van der Waals surface area (Å²) < 4.78 is 0. The Bertz CT molecular complexity index is 415. The fourth-order valence-electron chi connectivity index (χ4n) is 1.92. The lowest BCUT2D eigenvalue weighted by atomic mass is 10.1. The first kappa shape index (κ1) is 16.3. The third kappa shape index (κ3) is 5.39. The fraction of sp³-hybridized carbons (Fsp3) is 0.500. The lowest BCUT2D eigenvalue weighted by molar-refractivity contribution is -0.138. The molecule has 0 aromatic heterocycles. The quantitative estimate of drug-likeness (QED) is 0.834. The largest absolute Gasteiger partial charge is 0.480 e. The summed E-state index contributed by atoms with van der Waals surface area (Å²) in [7, 11) is 0. The van der Waals surface area contributed by atoms with Gasteiger partial charge in [-0.3, -0.25) is 9.69 Å². The van der Waals surface area contributed by atoms with Crippen LogP contribution in [0.2, 0.25) is 10.0 Å². The van der Waals surface area contributed by atoms with Gasteiger partial charge in [0.1, 0.15) is 0 Å². The number of hydrogen-bond donors (Lipinski definition) is 1. The Morgan fingerprint density at radius 1 is 1.32 bits per heavy atom. The van der Waals surface area contributed by atoms with E-state index in [1.165, 1.54) is 0 Å². The van der Waals surface area contributed by atoms with Crippen LogP contribution in [0.1, 0.15) is 25.8 Å². The van der Waals surface area contributed by atoms with Crippen molar-refractivity contribution in [3.05, 3.63) is 33.8 Å². The van der Waals surface area contributed by atoms with Gasteiger partial charge in [0.2, 0.25) is 0 Å². The normalized spacial score (nSPS) is 11.3. The molecule has 0 amide bonds. The molecule has 0 aliphatic rings. The number of nitrogens with zero attached hydrogens (tertiary/aromatic N) is 1. The molecule has 3 nitrogen and oxygen atoms in total. The van der Waals surface area contributed by atoms with Crippen LogP contribution >= 0.6 is 23.2 Å². The van der Waals surface area contributed by atoms with Crippen molar-refractivity contribution in [2.24, 2.45) is 0 Å². The number of aliphatic carboxylic acids is 1. The van der Waals surface area contributed by atoms with Gasteiger partial charge < -0.3 is 5.11 Å². The summed E-state index contributed by atoms with van der Waals surface area (Å²) in [5.74, 6) is -0.801. The third-order valence-corrected chi connectivity index (χ3v) is 3.71. The molecule has 1 aromatic carbocycles. The van der Waals surface area contributed by atoms with Gasteiger partial charge in [-0.1, -0.05) is 29.3 Å². The first-order valence-corrected chi connectivity index (χ1v) is 7.06. The Morgan fingerprint density at radius 2 is 1.89 bits per heavy atom. The van der Waals surface area contributed by atoms with Crippen LogP contribution in [0.25, 0.3) is 0 Å². The fourth-order valence-corrected chi connectivity index (χ4v) is 2.51. The molecule has 0 fully saturated rings. The molecule has 0 spiro atoms. The van der Waals surface area contributed by atoms with E-state index in [1.807, 2.05) is 36.9 Å². The Hall–Kier alpha value is -0.770. The molecule has 0 atom stereocenters. The predicted octanol–water partition coefficient (Wildman–Crippen LogP) is 3.72. The summed E-state index contributed by atoms with van der Waals surface area (Å²) in [6, 6.07) is 5.66. The average Bonchev–Trinajstić information content (AvgIpc) is 2.30. The van der Waals surface area contributed by atoms with Gasteiger partial charge in [0, 0.05) is 16.1 Å². The summed E-state index contributed by atoms with van der Waals surface area (Å²) in [4.78, 5) is 12.7. The molecule has 0 aliphatic carbocycles. The van der Waals surface area contributed by atoms with E-state index in [0.717, 1.165) is 18.4 Å². The molecular formula is C14H19Cl2NO2. The summed E-state index contributed by atoms with van der Waals surface area (Å²) in [5.41, 5.74) is 0.935. The Labute approximate surface area is 124 Å². The molecule has 5 heteroatoms. The second-order valence-corrected chi connectivity index (χ2v) is 5.58. The van der Waals surface area contributed by atoms with Crippen LogP contribution < -0.4 is 0 Å². The highest BCUT2D eigenvalue weighted by Crippen LogP contribution is 2.25. The highest BCUT2D eigenvalue weighted by Gasteiger charge is 2.13. The minimum Gasteiger partial charge on any atom is -0.480 e. The van der Waals surface area contributed by atoms with Gasteiger partial charge in [-0.2, -0.15) is 0 Å². The molecule has 1 aromatic rings. The van der Waals surface area contributed by atoms with Gasteiger partial charge in [-0.25, -0.2) is 0 Å². The van der Waals surface area contributed by atoms with Crippen molar-refractivity contribution in [3.8, 4) is 0 Å². The Morgan fingerprint density at radius 3 is 2.37 bits per heavy atom. The zero-order valence-electron chi connectivity index (χ0n) is 11.2. The minimum absolute atomic E-state index is 0.0634. The van der Waals surface area contributed by atoms with Crippen LogP contribution in [0.15, 0.2) is 18.2 Å². The molecule has 19 heavy (non-hydrogen) atoms. The van der Waals surface area contributed by atoms with Gasteiger partial charge in [0.25, 0.3) is 0 Å². The zero-order valence-corrected chi connectivity index (χ0v) is 12.7. The molecule has 0 aliphatic heterocycles. The molecule has 0 saturated heterocycles. The van der Waals surface area contributed by atoms with Crippen LogP contribution in [0.3, 0.4) is 0 Å². The molecule has 0 heterocycles. The second kappa shape index (κ2) is 7.73. The number of carboxylic acid groups (broad SMARTS) is 1. The van der Waals surface area contributed by atoms with Crippen LogP contribution in [0.4, 0.5) is 0 Å². The van der Waals surface area contributed by atoms with E-state index >= 15 is 0 Å². The van der Waals surface area contributed by atoms with Gasteiger partial charge >= 0.3 is 5.97 Å². The standard InChI is InChI=1S/C14H19Cl2NO2/c1-10(2)17(9-14(18)19)8-4-5-11-12(15)6-3-7-13(11)16/h3,6-7,10H,4-5,8-9H2,1-2H3,(H,18,19). The second-order valence-electron chi connectivity index (χ2n) is 4.76. The van der Waals surface area contributed by atoms with Crippen molar-refractivity contribution >= 4 is 29.2 Å². The third-order valence-electron chi connectivity index (χ3n) is 3.00. The Balaban J connectivity index is 2.54. The lowest BCUT2D eigenvalue weighted by Crippen LogP contribution is -2.36. The molecule has 1 N–H and O–H groups in total. The van der Waals surface area contributed by atoms with E-state index in [1.54, 1.807) is 0 Å². The molecule has 0 bridgehead atoms. The van der Waals surface area contributed by atoms with Crippen molar-refractivity contribution in [2.45, 2.75) is 32.7 Å². The van der Waals surface area contributed by atoms with Gasteiger partial charge in [0.15, 0.2) is 0 Å². The zero-order chi connectivity index (χ0) is 14.4. The van der Waals surface area contributed by atoms with E-state index in [9.17, 15) is 4.79 Å². The summed E-state index contributed by atoms with van der Waals surface area (Å²) >= 11 is 12.2. The summed E-state index contributed by atoms with van der Waals surface area (Å²) in [6.45, 7) is 4.76. The van der Waals surface area contributed by atoms with Crippen LogP contribution in [-0.4, -0.2) is 35.1 Å². The van der Waals surface area contributed by atoms with E-state index in [4.69, 9.17) is 28.3 Å². The first-order chi connectivity index (χ1) is 8.91. The first-order valence-electron chi connectivity index (χ1n) is 6.30. The van der Waals surface area contributed by atoms with Crippen molar-refractivity contribution in [1.82, 2.24) is 4.90 Å². The van der Waals surface area contributed by atoms with Crippen molar-refractivity contribution in [1.29, 1.82) is 0 Å². The number of hydrogen-bond acceptors (Lipinski definition) is 2. The SMILES string of the molecule is CC(C)N(CCCc1c(Cl)cccc1Cl)CC(=O)O. The van der Waals surface area contributed by atoms with E-state index in [0.29, 0.717) is 16.6 Å². The van der Waals surface area contributed by atoms with Crippen molar-refractivity contribution in [3.63, 3.8) is 0 Å². The Kier molecular flexibility index (Phi) is 6.63. The number of carboxylic acids is 1. The molecular weight excluding hydrogens is 285 g/mol. The van der Waals surface area contributed by atoms with Crippen molar-refractivity contribution in [2.75, 3.05) is 13.1 Å². The van der Waals surface area contributed by atoms with Gasteiger partial charge in [-0.15, -0.1) is 0 Å². The summed E-state index contributed by atoms with van der Waals surface area (Å²) in [5, 5.41) is 10.2. The highest BCUT2D eigenvalue weighted by molar-refractivity contribution is 6.35. The number of rotatable bonds is 7. The maximum Gasteiger partial charge on any atom is 0.317 e. The van der Waals surface area contributed by atoms with Crippen molar-refractivity contribution < 1.29 is 9.90 Å². The van der Waals surface area contributed by atoms with E-state index < -0.39 is 5.97 Å². The minimum atomic E-state index is -0.801. The van der Waals surface area contributed by atoms with E-state index in [-0.39, 0.29) is 12.6 Å². The number of carbonyl (C=O) groups is 1.